The molecule has 0 aliphatic carbocycles. The molecule has 1 heterocycles. The van der Waals surface area contributed by atoms with Gasteiger partial charge in [0.25, 0.3) is 0 Å². The van der Waals surface area contributed by atoms with Gasteiger partial charge in [0.05, 0.1) is 0 Å². The van der Waals surface area contributed by atoms with Gasteiger partial charge < -0.3 is 14.2 Å². The molecule has 1 fully saturated rings. The van der Waals surface area contributed by atoms with E-state index in [9.17, 15) is 0 Å². The minimum absolute atomic E-state index is 0.470. The van der Waals surface area contributed by atoms with E-state index in [1.807, 2.05) is 0 Å². The Kier molecular flexibility index (Phi) is 12.2. The molecule has 15 aromatic carbocycles. The van der Waals surface area contributed by atoms with Crippen molar-refractivity contribution in [1.29, 1.82) is 0 Å². The van der Waals surface area contributed by atoms with Gasteiger partial charge in [0.1, 0.15) is 0 Å². The minimum Gasteiger partial charge on any atom is -0.416 e. The van der Waals surface area contributed by atoms with Gasteiger partial charge in [0.2, 0.25) is 0 Å². The molecular weight excluding hydrogens is 1010 g/mol. The maximum Gasteiger partial charge on any atom is 0.390 e. The molecule has 6 heteroatoms. The third-order valence-electron chi connectivity index (χ3n) is 17.6. The second-order valence-corrected chi connectivity index (χ2v) is 22.1. The van der Waals surface area contributed by atoms with Gasteiger partial charge >= 0.3 is 20.9 Å². The summed E-state index contributed by atoms with van der Waals surface area (Å²) in [5.74, 6) is 0. The first-order valence-electron chi connectivity index (χ1n) is 29.3. The fraction of sp³-hybridized carbons (Fsp3) is 0. The standard InChI is InChI=1S/C78H54B3N3/c1-7-31-55(32-8-1)73-61-43-19-25-49-67(61)76(68-50-26-20-44-62(68)73)79-82(58-37-13-4-14-38-58)80(77-69-51-27-21-45-63(69)74(56-33-9-2-10-34-56)64-46-22-28-52-70(64)77)84(60-41-17-6-18-42-60)81(83(79)59-39-15-5-16-40-59)78-71-53-29-23-47-65(71)75(57-35-11-3-12-36-57)66-48-24-30-54-72(66)78/h1-54H. The van der Waals surface area contributed by atoms with Crippen LogP contribution in [0.5, 0.6) is 0 Å². The molecule has 0 bridgehead atoms. The van der Waals surface area contributed by atoms with Crippen LogP contribution in [0, 0.1) is 0 Å². The normalized spacial score (nSPS) is 12.9. The third kappa shape index (κ3) is 7.93. The highest BCUT2D eigenvalue weighted by molar-refractivity contribution is 7.17. The molecule has 390 valence electrons. The highest BCUT2D eigenvalue weighted by atomic mass is 15.3. The van der Waals surface area contributed by atoms with Crippen molar-refractivity contribution >= 4 is 119 Å². The molecule has 0 amide bonds. The van der Waals surface area contributed by atoms with Crippen LogP contribution in [0.2, 0.25) is 0 Å². The van der Waals surface area contributed by atoms with E-state index in [1.54, 1.807) is 0 Å². The quantitative estimate of drug-likeness (QED) is 0.105. The van der Waals surface area contributed by atoms with Crippen molar-refractivity contribution in [2.75, 3.05) is 14.2 Å². The zero-order chi connectivity index (χ0) is 55.5. The Morgan fingerprint density at radius 2 is 0.310 bits per heavy atom. The molecule has 0 unspecified atom stereocenters. The van der Waals surface area contributed by atoms with Crippen LogP contribution in [0.1, 0.15) is 0 Å². The molecule has 0 atom stereocenters. The summed E-state index contributed by atoms with van der Waals surface area (Å²) in [5.41, 5.74) is 14.3. The smallest absolute Gasteiger partial charge is 0.390 e. The molecular formula is C78H54B3N3. The van der Waals surface area contributed by atoms with Crippen molar-refractivity contribution in [3.8, 4) is 33.4 Å². The Morgan fingerprint density at radius 1 is 0.155 bits per heavy atom. The molecule has 1 aliphatic heterocycles. The largest absolute Gasteiger partial charge is 0.416 e. The van der Waals surface area contributed by atoms with Gasteiger partial charge in [-0.3, -0.25) is 0 Å². The molecule has 15 aromatic rings. The first kappa shape index (κ1) is 49.3. The van der Waals surface area contributed by atoms with E-state index >= 15 is 0 Å². The highest BCUT2D eigenvalue weighted by Crippen LogP contribution is 2.44. The third-order valence-corrected chi connectivity index (χ3v) is 17.6. The highest BCUT2D eigenvalue weighted by Gasteiger charge is 2.58. The lowest BCUT2D eigenvalue weighted by atomic mass is 9.35. The zero-order valence-electron chi connectivity index (χ0n) is 46.3. The van der Waals surface area contributed by atoms with E-state index < -0.39 is 20.9 Å². The SMILES string of the molecule is c1ccc(-c2c3ccccc3c(B3N(c4ccccc4)B(c4c5ccccc5c(-c5ccccc5)c5ccccc45)N(c4ccccc4)B(c4c5ccccc5c(-c5ccccc5)c5ccccc45)N3c3ccccc3)c3ccccc23)cc1. The van der Waals surface area contributed by atoms with Crippen molar-refractivity contribution in [2.24, 2.45) is 0 Å². The molecule has 0 saturated carbocycles. The minimum atomic E-state index is -0.470. The summed E-state index contributed by atoms with van der Waals surface area (Å²) in [6.07, 6.45) is 0. The molecule has 1 aliphatic rings. The van der Waals surface area contributed by atoms with Gasteiger partial charge in [-0.05, 0) is 151 Å². The predicted octanol–water partition coefficient (Wildman–Crippen LogP) is 17.6. The van der Waals surface area contributed by atoms with Crippen molar-refractivity contribution in [3.05, 3.63) is 328 Å². The number of nitrogens with zero attached hydrogens (tertiary/aromatic N) is 3. The lowest BCUT2D eigenvalue weighted by Crippen LogP contribution is -2.86. The Labute approximate surface area is 491 Å². The van der Waals surface area contributed by atoms with E-state index in [4.69, 9.17) is 0 Å². The van der Waals surface area contributed by atoms with Crippen LogP contribution < -0.4 is 30.6 Å². The van der Waals surface area contributed by atoms with Crippen molar-refractivity contribution in [1.82, 2.24) is 0 Å². The van der Waals surface area contributed by atoms with Crippen molar-refractivity contribution in [3.63, 3.8) is 0 Å². The van der Waals surface area contributed by atoms with Gasteiger partial charge in [-0.2, -0.15) is 0 Å². The molecule has 0 spiro atoms. The van der Waals surface area contributed by atoms with Crippen LogP contribution in [0.4, 0.5) is 17.1 Å². The van der Waals surface area contributed by atoms with E-state index in [2.05, 4.69) is 342 Å². The van der Waals surface area contributed by atoms with Crippen LogP contribution in [-0.2, 0) is 0 Å². The Hall–Kier alpha value is -10.5. The summed E-state index contributed by atoms with van der Waals surface area (Å²) < 4.78 is 8.39. The van der Waals surface area contributed by atoms with E-state index in [1.165, 1.54) is 114 Å². The maximum atomic E-state index is 2.80. The average Bonchev–Trinajstić information content (AvgIpc) is 0.841. The topological polar surface area (TPSA) is 9.72 Å². The molecule has 0 N–H and O–H groups in total. The molecule has 0 aromatic heterocycles. The molecule has 3 nitrogen and oxygen atoms in total. The second-order valence-electron chi connectivity index (χ2n) is 22.1. The first-order chi connectivity index (χ1) is 41.8. The number of para-hydroxylation sites is 3. The van der Waals surface area contributed by atoms with Gasteiger partial charge in [0, 0.05) is 17.1 Å². The number of anilines is 3. The Balaban J connectivity index is 1.15. The number of hydrogen-bond acceptors (Lipinski definition) is 3. The average molecular weight is 1070 g/mol. The van der Waals surface area contributed by atoms with Gasteiger partial charge in [-0.25, -0.2) is 0 Å². The zero-order valence-corrected chi connectivity index (χ0v) is 46.3. The monoisotopic (exact) mass is 1070 g/mol. The first-order valence-corrected chi connectivity index (χ1v) is 29.3. The Bertz CT molecular complexity index is 4250. The van der Waals surface area contributed by atoms with Crippen LogP contribution in [0.3, 0.4) is 0 Å². The van der Waals surface area contributed by atoms with Gasteiger partial charge in [-0.15, -0.1) is 0 Å². The Morgan fingerprint density at radius 3 is 0.500 bits per heavy atom. The van der Waals surface area contributed by atoms with E-state index in [0.29, 0.717) is 0 Å². The summed E-state index contributed by atoms with van der Waals surface area (Å²) in [6.45, 7) is -1.41. The van der Waals surface area contributed by atoms with Crippen molar-refractivity contribution < 1.29 is 0 Å². The lowest BCUT2D eigenvalue weighted by molar-refractivity contribution is 1.30. The summed E-state index contributed by atoms with van der Waals surface area (Å²) >= 11 is 0. The lowest BCUT2D eigenvalue weighted by Gasteiger charge is -2.57. The number of benzene rings is 15. The fourth-order valence-electron chi connectivity index (χ4n) is 14.4. The fourth-order valence-corrected chi connectivity index (χ4v) is 14.4. The summed E-state index contributed by atoms with van der Waals surface area (Å²) in [6, 6.07) is 122. The van der Waals surface area contributed by atoms with Crippen LogP contribution >= 0.6 is 0 Å². The molecule has 16 rings (SSSR count). The molecule has 84 heavy (non-hydrogen) atoms. The van der Waals surface area contributed by atoms with E-state index in [0.717, 1.165) is 17.1 Å². The van der Waals surface area contributed by atoms with Crippen LogP contribution in [0.15, 0.2) is 328 Å². The van der Waals surface area contributed by atoms with Gasteiger partial charge in [0.15, 0.2) is 0 Å². The van der Waals surface area contributed by atoms with Gasteiger partial charge in [-0.1, -0.05) is 291 Å². The second kappa shape index (κ2) is 20.8. The van der Waals surface area contributed by atoms with Crippen LogP contribution in [0.25, 0.3) is 98.0 Å². The number of rotatable bonds is 9. The van der Waals surface area contributed by atoms with Crippen LogP contribution in [-0.4, -0.2) is 20.9 Å². The van der Waals surface area contributed by atoms with Crippen molar-refractivity contribution in [2.45, 2.75) is 0 Å². The summed E-state index contributed by atoms with van der Waals surface area (Å²) in [7, 11) is 0. The molecule has 1 saturated heterocycles. The maximum absolute atomic E-state index is 2.80. The predicted molar refractivity (Wildman–Crippen MR) is 364 cm³/mol. The summed E-state index contributed by atoms with van der Waals surface area (Å²) in [4.78, 5) is 0. The van der Waals surface area contributed by atoms with E-state index in [-0.39, 0.29) is 0 Å². The summed E-state index contributed by atoms with van der Waals surface area (Å²) in [5, 5.41) is 14.5. The number of fused-ring (bicyclic) bond motifs is 6. The molecule has 0 radical (unpaired) electrons. The number of hydrogen-bond donors (Lipinski definition) is 0.